The maximum atomic E-state index is 11.8. The normalized spacial score (nSPS) is 23.6. The van der Waals surface area contributed by atoms with Gasteiger partial charge in [-0.15, -0.1) is 0 Å². The van der Waals surface area contributed by atoms with Crippen molar-refractivity contribution in [2.24, 2.45) is 5.41 Å². The maximum absolute atomic E-state index is 11.8. The van der Waals surface area contributed by atoms with Crippen molar-refractivity contribution in [3.63, 3.8) is 0 Å². The second kappa shape index (κ2) is 7.59. The van der Waals surface area contributed by atoms with Crippen molar-refractivity contribution >= 4 is 5.97 Å². The lowest BCUT2D eigenvalue weighted by atomic mass is 9.77. The van der Waals surface area contributed by atoms with E-state index in [4.69, 9.17) is 4.74 Å². The lowest BCUT2D eigenvalue weighted by molar-refractivity contribution is -0.143. The summed E-state index contributed by atoms with van der Waals surface area (Å²) in [7, 11) is 1.47. The van der Waals surface area contributed by atoms with Crippen LogP contribution in [0, 0.1) is 5.41 Å². The fourth-order valence-electron chi connectivity index (χ4n) is 4.00. The van der Waals surface area contributed by atoms with Gasteiger partial charge in [-0.05, 0) is 50.6 Å². The highest BCUT2D eigenvalue weighted by atomic mass is 16.5. The van der Waals surface area contributed by atoms with Gasteiger partial charge in [0, 0.05) is 12.6 Å². The van der Waals surface area contributed by atoms with Crippen LogP contribution >= 0.6 is 0 Å². The van der Waals surface area contributed by atoms with Gasteiger partial charge in [0.2, 0.25) is 0 Å². The fourth-order valence-corrected chi connectivity index (χ4v) is 4.00. The zero-order valence-electron chi connectivity index (χ0n) is 14.0. The first-order valence-electron chi connectivity index (χ1n) is 8.61. The van der Waals surface area contributed by atoms with Crippen LogP contribution in [0.5, 0.6) is 0 Å². The Labute approximate surface area is 129 Å². The third kappa shape index (κ3) is 4.68. The van der Waals surface area contributed by atoms with Crippen LogP contribution in [0.4, 0.5) is 0 Å². The molecule has 21 heavy (non-hydrogen) atoms. The Morgan fingerprint density at radius 3 is 2.33 bits per heavy atom. The molecule has 1 unspecified atom stereocenters. The molecule has 0 aromatic rings. The molecule has 1 saturated carbocycles. The fraction of sp³-hybridized carbons (Fsp3) is 0.941. The molecule has 0 amide bonds. The van der Waals surface area contributed by atoms with Gasteiger partial charge in [-0.3, -0.25) is 4.79 Å². The Bertz CT molecular complexity index is 328. The largest absolute Gasteiger partial charge is 0.468 e. The van der Waals surface area contributed by atoms with Gasteiger partial charge in [-0.2, -0.15) is 0 Å². The second-order valence-corrected chi connectivity index (χ2v) is 7.23. The number of rotatable bonds is 6. The van der Waals surface area contributed by atoms with E-state index in [1.165, 1.54) is 58.7 Å². The molecule has 1 N–H and O–H groups in total. The number of esters is 1. The number of likely N-dealkylation sites (tertiary alicyclic amines) is 1. The lowest BCUT2D eigenvalue weighted by Gasteiger charge is -2.39. The van der Waals surface area contributed by atoms with Crippen LogP contribution in [0.1, 0.15) is 58.8 Å². The zero-order valence-corrected chi connectivity index (χ0v) is 14.0. The highest BCUT2D eigenvalue weighted by Crippen LogP contribution is 2.46. The van der Waals surface area contributed by atoms with E-state index < -0.39 is 0 Å². The average Bonchev–Trinajstić information content (AvgIpc) is 2.92. The summed E-state index contributed by atoms with van der Waals surface area (Å²) in [6.45, 7) is 7.54. The first-order valence-corrected chi connectivity index (χ1v) is 8.61. The Hall–Kier alpha value is -0.610. The monoisotopic (exact) mass is 296 g/mol. The third-order valence-corrected chi connectivity index (χ3v) is 5.34. The van der Waals surface area contributed by atoms with Crippen LogP contribution in [0.2, 0.25) is 0 Å². The maximum Gasteiger partial charge on any atom is 0.322 e. The molecule has 1 aliphatic carbocycles. The Morgan fingerprint density at radius 1 is 1.19 bits per heavy atom. The molecule has 0 aromatic heterocycles. The molecule has 4 heteroatoms. The van der Waals surface area contributed by atoms with Gasteiger partial charge in [0.1, 0.15) is 6.04 Å². The van der Waals surface area contributed by atoms with Crippen LogP contribution in [-0.2, 0) is 9.53 Å². The standard InChI is InChI=1S/C17H32N2O2/c1-14(2)18-15(16(20)21-3)6-11-19-12-9-17(10-13-19)7-4-5-8-17/h14-15,18H,4-13H2,1-3H3. The second-order valence-electron chi connectivity index (χ2n) is 7.23. The average molecular weight is 296 g/mol. The zero-order chi connectivity index (χ0) is 15.3. The van der Waals surface area contributed by atoms with Gasteiger partial charge in [0.15, 0.2) is 0 Å². The molecule has 122 valence electrons. The van der Waals surface area contributed by atoms with Gasteiger partial charge in [-0.1, -0.05) is 26.7 Å². The van der Waals surface area contributed by atoms with Crippen molar-refractivity contribution in [2.75, 3.05) is 26.7 Å². The number of carbonyl (C=O) groups excluding carboxylic acids is 1. The summed E-state index contributed by atoms with van der Waals surface area (Å²) in [5, 5.41) is 3.32. The van der Waals surface area contributed by atoms with Gasteiger partial charge in [0.05, 0.1) is 7.11 Å². The lowest BCUT2D eigenvalue weighted by Crippen LogP contribution is -2.45. The first-order chi connectivity index (χ1) is 10.0. The Balaban J connectivity index is 1.75. The predicted octanol–water partition coefficient (Wildman–Crippen LogP) is 2.57. The van der Waals surface area contributed by atoms with E-state index in [0.29, 0.717) is 11.5 Å². The molecule has 0 radical (unpaired) electrons. The van der Waals surface area contributed by atoms with E-state index in [0.717, 1.165) is 13.0 Å². The van der Waals surface area contributed by atoms with Gasteiger partial charge in [-0.25, -0.2) is 0 Å². The molecule has 0 bridgehead atoms. The molecule has 1 heterocycles. The quantitative estimate of drug-likeness (QED) is 0.765. The number of piperidine rings is 1. The summed E-state index contributed by atoms with van der Waals surface area (Å²) in [6, 6.07) is 0.134. The van der Waals surface area contributed by atoms with E-state index in [-0.39, 0.29) is 12.0 Å². The van der Waals surface area contributed by atoms with E-state index in [1.807, 2.05) is 0 Å². The predicted molar refractivity (Wildman–Crippen MR) is 85.3 cm³/mol. The molecule has 1 atom stereocenters. The summed E-state index contributed by atoms with van der Waals surface area (Å²) in [5.41, 5.74) is 0.675. The van der Waals surface area contributed by atoms with E-state index in [9.17, 15) is 4.79 Å². The van der Waals surface area contributed by atoms with Gasteiger partial charge >= 0.3 is 5.97 Å². The number of methoxy groups -OCH3 is 1. The highest BCUT2D eigenvalue weighted by molar-refractivity contribution is 5.75. The summed E-state index contributed by atoms with van der Waals surface area (Å²) in [5.74, 6) is -0.132. The third-order valence-electron chi connectivity index (χ3n) is 5.34. The number of nitrogens with one attached hydrogen (secondary N) is 1. The van der Waals surface area contributed by atoms with Gasteiger partial charge in [0.25, 0.3) is 0 Å². The summed E-state index contributed by atoms with van der Waals surface area (Å²) >= 11 is 0. The number of hydrogen-bond donors (Lipinski definition) is 1. The summed E-state index contributed by atoms with van der Waals surface area (Å²) in [4.78, 5) is 14.4. The van der Waals surface area contributed by atoms with E-state index >= 15 is 0 Å². The minimum Gasteiger partial charge on any atom is -0.468 e. The molecule has 1 saturated heterocycles. The molecule has 0 aromatic carbocycles. The molecule has 2 fully saturated rings. The van der Waals surface area contributed by atoms with E-state index in [2.05, 4.69) is 24.1 Å². The molecule has 2 rings (SSSR count). The van der Waals surface area contributed by atoms with Crippen LogP contribution in [0.25, 0.3) is 0 Å². The Morgan fingerprint density at radius 2 is 1.81 bits per heavy atom. The molecule has 1 aliphatic heterocycles. The number of hydrogen-bond acceptors (Lipinski definition) is 4. The summed E-state index contributed by atoms with van der Waals surface area (Å²) in [6.07, 6.45) is 9.31. The number of carbonyl (C=O) groups is 1. The van der Waals surface area contributed by atoms with Crippen molar-refractivity contribution in [3.8, 4) is 0 Å². The molecule has 4 nitrogen and oxygen atoms in total. The minimum atomic E-state index is -0.169. The molecule has 2 aliphatic rings. The van der Waals surface area contributed by atoms with Crippen molar-refractivity contribution in [1.29, 1.82) is 0 Å². The van der Waals surface area contributed by atoms with Crippen molar-refractivity contribution in [3.05, 3.63) is 0 Å². The topological polar surface area (TPSA) is 41.6 Å². The van der Waals surface area contributed by atoms with Crippen LogP contribution < -0.4 is 5.32 Å². The SMILES string of the molecule is COC(=O)C(CCN1CCC2(CCCC2)CC1)NC(C)C. The van der Waals surface area contributed by atoms with Gasteiger partial charge < -0.3 is 15.0 Å². The highest BCUT2D eigenvalue weighted by Gasteiger charge is 2.36. The Kier molecular flexibility index (Phi) is 6.06. The summed E-state index contributed by atoms with van der Waals surface area (Å²) < 4.78 is 4.91. The van der Waals surface area contributed by atoms with E-state index in [1.54, 1.807) is 0 Å². The molecule has 1 spiro atoms. The molecular formula is C17H32N2O2. The number of nitrogens with zero attached hydrogens (tertiary/aromatic N) is 1. The van der Waals surface area contributed by atoms with Crippen molar-refractivity contribution in [1.82, 2.24) is 10.2 Å². The van der Waals surface area contributed by atoms with Crippen molar-refractivity contribution in [2.45, 2.75) is 70.9 Å². The van der Waals surface area contributed by atoms with Crippen molar-refractivity contribution < 1.29 is 9.53 Å². The first kappa shape index (κ1) is 16.8. The van der Waals surface area contributed by atoms with Crippen LogP contribution in [0.3, 0.4) is 0 Å². The smallest absolute Gasteiger partial charge is 0.322 e. The van der Waals surface area contributed by atoms with Crippen LogP contribution in [-0.4, -0.2) is 49.7 Å². The van der Waals surface area contributed by atoms with Crippen LogP contribution in [0.15, 0.2) is 0 Å². The minimum absolute atomic E-state index is 0.132. The molecular weight excluding hydrogens is 264 g/mol. The number of ether oxygens (including phenoxy) is 1.